The van der Waals surface area contributed by atoms with E-state index >= 15 is 0 Å². The molecule has 0 N–H and O–H groups in total. The second-order valence-electron chi connectivity index (χ2n) is 18.6. The number of aryl methyl sites for hydroxylation is 2. The highest BCUT2D eigenvalue weighted by atomic mass is 15.2. The van der Waals surface area contributed by atoms with Crippen LogP contribution in [-0.4, -0.2) is 0 Å². The van der Waals surface area contributed by atoms with Gasteiger partial charge in [0.1, 0.15) is 0 Å². The molecule has 4 aliphatic rings. The minimum Gasteiger partial charge on any atom is -0.310 e. The summed E-state index contributed by atoms with van der Waals surface area (Å²) in [5, 5.41) is 0. The van der Waals surface area contributed by atoms with Crippen LogP contribution in [0, 0.1) is 19.8 Å². The van der Waals surface area contributed by atoms with Crippen molar-refractivity contribution in [1.29, 1.82) is 0 Å². The maximum atomic E-state index is 3.81. The van der Waals surface area contributed by atoms with Gasteiger partial charge < -0.3 is 4.90 Å². The van der Waals surface area contributed by atoms with Gasteiger partial charge in [0.2, 0.25) is 0 Å². The molecule has 70 heavy (non-hydrogen) atoms. The first kappa shape index (κ1) is 49.0. The van der Waals surface area contributed by atoms with Crippen LogP contribution in [-0.2, 0) is 5.41 Å². The molecule has 1 nitrogen and oxygen atoms in total. The lowest BCUT2D eigenvalue weighted by Crippen LogP contribution is -2.37. The molecule has 11 rings (SSSR count). The largest absolute Gasteiger partial charge is 0.310 e. The highest BCUT2D eigenvalue weighted by Gasteiger charge is 2.52. The van der Waals surface area contributed by atoms with Gasteiger partial charge in [-0.1, -0.05) is 245 Å². The number of hydrogen-bond donors (Lipinski definition) is 0. The van der Waals surface area contributed by atoms with Crippen molar-refractivity contribution < 1.29 is 0 Å². The molecule has 0 saturated heterocycles. The molecule has 1 aliphatic heterocycles. The van der Waals surface area contributed by atoms with Crippen LogP contribution in [0.25, 0.3) is 27.8 Å². The molecular weight excluding hydrogens is 843 g/mol. The van der Waals surface area contributed by atoms with Gasteiger partial charge in [-0.25, -0.2) is 0 Å². The van der Waals surface area contributed by atoms with Gasteiger partial charge in [0.15, 0.2) is 0 Å². The molecule has 0 saturated carbocycles. The molecule has 7 aromatic carbocycles. The second kappa shape index (κ2) is 22.8. The van der Waals surface area contributed by atoms with Crippen molar-refractivity contribution in [1.82, 2.24) is 0 Å². The number of nitrogens with zero attached hydrogens (tertiary/aromatic N) is 1. The molecule has 0 radical (unpaired) electrons. The summed E-state index contributed by atoms with van der Waals surface area (Å²) >= 11 is 0. The molecule has 0 amide bonds. The van der Waals surface area contributed by atoms with Crippen LogP contribution in [0.1, 0.15) is 105 Å². The number of para-hydroxylation sites is 3. The molecule has 0 atom stereocenters. The van der Waals surface area contributed by atoms with E-state index in [4.69, 9.17) is 0 Å². The highest BCUT2D eigenvalue weighted by Crippen LogP contribution is 2.64. The van der Waals surface area contributed by atoms with Crippen molar-refractivity contribution >= 4 is 33.8 Å². The summed E-state index contributed by atoms with van der Waals surface area (Å²) in [4.78, 5) is 2.47. The van der Waals surface area contributed by atoms with E-state index in [0.717, 1.165) is 31.3 Å². The first-order chi connectivity index (χ1) is 34.3. The Bertz CT molecular complexity index is 3050. The van der Waals surface area contributed by atoms with Crippen molar-refractivity contribution in [2.45, 2.75) is 79.6 Å². The van der Waals surface area contributed by atoms with Crippen LogP contribution in [0.4, 0.5) is 17.1 Å². The fraction of sp³-hybridized carbons (Fsp3) is 0.188. The Labute approximate surface area is 420 Å². The zero-order valence-corrected chi connectivity index (χ0v) is 42.4. The lowest BCUT2D eigenvalue weighted by molar-refractivity contribution is 0.686. The molecular formula is C69H69N. The van der Waals surface area contributed by atoms with Gasteiger partial charge in [-0.15, -0.1) is 0 Å². The van der Waals surface area contributed by atoms with Crippen LogP contribution in [0.15, 0.2) is 242 Å². The van der Waals surface area contributed by atoms with Gasteiger partial charge in [-0.3, -0.25) is 0 Å². The summed E-state index contributed by atoms with van der Waals surface area (Å²) in [6.07, 6.45) is 21.9. The van der Waals surface area contributed by atoms with E-state index in [-0.39, 0.29) is 5.41 Å². The number of allylic oxidation sites excluding steroid dienone is 13. The van der Waals surface area contributed by atoms with E-state index in [1.165, 1.54) is 83.8 Å². The van der Waals surface area contributed by atoms with Crippen LogP contribution < -0.4 is 4.90 Å². The van der Waals surface area contributed by atoms with Crippen LogP contribution in [0.3, 0.4) is 0 Å². The standard InChI is InChI=1S/C40H35N.C14H16.C13H12.C2H6/c1-27(2)28-20-22-29(23-21-28)30-24-25-33-32-14-6-7-15-34(32)40(37(33)26-30)35-16-8-10-18-38(35)41(31-12-4-3-5-13-31)39-19-11-9-17-36(39)40;1-4-6-7-13(5-2)14-10-8-12(3)9-11-14;1-11-7-9-13(10-8-11)12-5-3-2-4-6-12;1-2/h3-6,8-14,16-20,22,24-27H,7,15,21,23H2,1-2H3;4-11H,2H2,1,3H3;2-10H,1H3;1-2H3/b;6-4-,13-7+;;. The third-order valence-corrected chi connectivity index (χ3v) is 14.0. The topological polar surface area (TPSA) is 3.24 Å². The zero-order chi connectivity index (χ0) is 49.0. The molecule has 7 aromatic rings. The number of fused-ring (bicyclic) bond motifs is 8. The lowest BCUT2D eigenvalue weighted by Gasteiger charge is -2.46. The van der Waals surface area contributed by atoms with Gasteiger partial charge in [-0.2, -0.15) is 0 Å². The van der Waals surface area contributed by atoms with Crippen molar-refractivity contribution in [3.05, 3.63) is 287 Å². The van der Waals surface area contributed by atoms with Crippen molar-refractivity contribution in [2.75, 3.05) is 4.90 Å². The summed E-state index contributed by atoms with van der Waals surface area (Å²) in [5.41, 5.74) is 23.9. The molecule has 0 bridgehead atoms. The van der Waals surface area contributed by atoms with Gasteiger partial charge in [-0.05, 0) is 150 Å². The average Bonchev–Trinajstić information content (AvgIpc) is 3.71. The molecule has 1 spiro atoms. The Kier molecular flexibility index (Phi) is 15.9. The average molecular weight is 912 g/mol. The van der Waals surface area contributed by atoms with Gasteiger partial charge in [0.25, 0.3) is 0 Å². The molecule has 0 fully saturated rings. The predicted octanol–water partition coefficient (Wildman–Crippen LogP) is 19.5. The lowest BCUT2D eigenvalue weighted by atomic mass is 9.62. The zero-order valence-electron chi connectivity index (χ0n) is 42.4. The third-order valence-electron chi connectivity index (χ3n) is 14.0. The number of rotatable bonds is 7. The Morgan fingerprint density at radius 1 is 0.600 bits per heavy atom. The highest BCUT2D eigenvalue weighted by molar-refractivity contribution is 5.98. The molecule has 3 aliphatic carbocycles. The fourth-order valence-corrected chi connectivity index (χ4v) is 10.5. The maximum absolute atomic E-state index is 3.81. The van der Waals surface area contributed by atoms with E-state index in [0.29, 0.717) is 5.92 Å². The van der Waals surface area contributed by atoms with E-state index in [2.05, 4.69) is 239 Å². The number of hydrogen-bond acceptors (Lipinski definition) is 1. The van der Waals surface area contributed by atoms with E-state index in [1.807, 2.05) is 45.1 Å². The Morgan fingerprint density at radius 2 is 1.17 bits per heavy atom. The fourth-order valence-electron chi connectivity index (χ4n) is 10.5. The van der Waals surface area contributed by atoms with Gasteiger partial charge >= 0.3 is 0 Å². The quantitative estimate of drug-likeness (QED) is 0.144. The Balaban J connectivity index is 0.000000185. The molecule has 0 unspecified atom stereocenters. The minimum atomic E-state index is -0.307. The van der Waals surface area contributed by atoms with Crippen LogP contribution >= 0.6 is 0 Å². The summed E-state index contributed by atoms with van der Waals surface area (Å²) < 4.78 is 0. The van der Waals surface area contributed by atoms with Crippen LogP contribution in [0.2, 0.25) is 0 Å². The summed E-state index contributed by atoms with van der Waals surface area (Å²) in [5.74, 6) is 0.613. The van der Waals surface area contributed by atoms with Crippen molar-refractivity contribution in [3.63, 3.8) is 0 Å². The van der Waals surface area contributed by atoms with Gasteiger partial charge in [0.05, 0.1) is 16.8 Å². The first-order valence-corrected chi connectivity index (χ1v) is 25.5. The maximum Gasteiger partial charge on any atom is 0.0717 e. The second-order valence-corrected chi connectivity index (χ2v) is 18.6. The first-order valence-electron chi connectivity index (χ1n) is 25.5. The molecule has 1 heteroatoms. The van der Waals surface area contributed by atoms with Crippen molar-refractivity contribution in [2.24, 2.45) is 5.92 Å². The SMILES string of the molecule is C=C/C(=C\C=C/C)c1ccc(C)cc1.CC.CC(C)C1=CC=C(c2ccc3c(c2)C2(C4=C3C=CCC4)c3ccccc3N(c3ccccc3)c3ccccc32)CC1.Cc1ccc(-c2ccccc2)cc1. The molecule has 0 aromatic heterocycles. The monoisotopic (exact) mass is 912 g/mol. The summed E-state index contributed by atoms with van der Waals surface area (Å²) in [6.45, 7) is 18.6. The van der Waals surface area contributed by atoms with E-state index in [9.17, 15) is 0 Å². The summed E-state index contributed by atoms with van der Waals surface area (Å²) in [7, 11) is 0. The van der Waals surface area contributed by atoms with Gasteiger partial charge in [0, 0.05) is 5.69 Å². The minimum absolute atomic E-state index is 0.307. The van der Waals surface area contributed by atoms with Crippen molar-refractivity contribution in [3.8, 4) is 11.1 Å². The number of benzene rings is 7. The Hall–Kier alpha value is -7.48. The molecule has 350 valence electrons. The normalized spacial score (nSPS) is 14.9. The Morgan fingerprint density at radius 3 is 1.76 bits per heavy atom. The molecule has 1 heterocycles. The van der Waals surface area contributed by atoms with E-state index in [1.54, 1.807) is 11.1 Å². The number of anilines is 3. The summed E-state index contributed by atoms with van der Waals surface area (Å²) in [6, 6.07) is 64.0. The smallest absolute Gasteiger partial charge is 0.0717 e. The van der Waals surface area contributed by atoms with E-state index < -0.39 is 0 Å². The van der Waals surface area contributed by atoms with Crippen LogP contribution in [0.5, 0.6) is 0 Å². The third kappa shape index (κ3) is 9.99. The predicted molar refractivity (Wildman–Crippen MR) is 305 cm³/mol.